The summed E-state index contributed by atoms with van der Waals surface area (Å²) >= 11 is 0. The number of nitrogen functional groups attached to an aromatic ring is 1. The third-order valence-electron chi connectivity index (χ3n) is 3.08. The van der Waals surface area contributed by atoms with Crippen molar-refractivity contribution < 1.29 is 0 Å². The highest BCUT2D eigenvalue weighted by atomic mass is 15.2. The van der Waals surface area contributed by atoms with Gasteiger partial charge in [-0.25, -0.2) is 0 Å². The normalized spacial score (nSPS) is 19.2. The minimum Gasteiger partial charge on any atom is -0.384 e. The van der Waals surface area contributed by atoms with Crippen LogP contribution in [0.3, 0.4) is 0 Å². The topological polar surface area (TPSA) is 54.7 Å². The number of rotatable bonds is 1. The lowest BCUT2D eigenvalue weighted by atomic mass is 9.86. The largest absolute Gasteiger partial charge is 0.384 e. The van der Waals surface area contributed by atoms with Gasteiger partial charge in [-0.3, -0.25) is 5.10 Å². The van der Waals surface area contributed by atoms with Crippen molar-refractivity contribution in [2.75, 3.05) is 5.73 Å². The molecule has 1 aliphatic carbocycles. The summed E-state index contributed by atoms with van der Waals surface area (Å²) in [6.45, 7) is 2.06. The molecule has 0 amide bonds. The minimum absolute atomic E-state index is 0.655. The summed E-state index contributed by atoms with van der Waals surface area (Å²) in [4.78, 5) is 0. The first-order valence-corrected chi connectivity index (χ1v) is 5.09. The summed E-state index contributed by atoms with van der Waals surface area (Å²) in [5, 5.41) is 7.15. The van der Waals surface area contributed by atoms with Crippen molar-refractivity contribution in [3.05, 3.63) is 11.3 Å². The molecular weight excluding hydrogens is 162 g/mol. The number of nitrogens with two attached hydrogens (primary N) is 1. The number of nitrogens with one attached hydrogen (secondary N) is 1. The second kappa shape index (κ2) is 3.40. The van der Waals surface area contributed by atoms with Crippen LogP contribution in [0.15, 0.2) is 0 Å². The number of aromatic amines is 1. The molecule has 1 aliphatic rings. The van der Waals surface area contributed by atoms with Gasteiger partial charge in [0.2, 0.25) is 0 Å². The number of aromatic nitrogens is 2. The van der Waals surface area contributed by atoms with Gasteiger partial charge in [0.1, 0.15) is 5.82 Å². The maximum Gasteiger partial charge on any atom is 0.122 e. The second-order valence-corrected chi connectivity index (χ2v) is 3.98. The lowest BCUT2D eigenvalue weighted by molar-refractivity contribution is 0.435. The Balaban J connectivity index is 2.18. The van der Waals surface area contributed by atoms with Crippen LogP contribution in [0, 0.1) is 6.92 Å². The second-order valence-electron chi connectivity index (χ2n) is 3.98. The first-order chi connectivity index (χ1) is 6.29. The van der Waals surface area contributed by atoms with Gasteiger partial charge in [0.05, 0.1) is 5.69 Å². The van der Waals surface area contributed by atoms with Crippen molar-refractivity contribution in [2.45, 2.75) is 44.9 Å². The van der Waals surface area contributed by atoms with Crippen LogP contribution >= 0.6 is 0 Å². The Kier molecular flexibility index (Phi) is 2.25. The molecule has 1 fully saturated rings. The van der Waals surface area contributed by atoms with E-state index in [4.69, 9.17) is 5.73 Å². The Morgan fingerprint density at radius 2 is 2.00 bits per heavy atom. The van der Waals surface area contributed by atoms with Crippen LogP contribution in [0.25, 0.3) is 0 Å². The average Bonchev–Trinajstić information content (AvgIpc) is 2.49. The van der Waals surface area contributed by atoms with Gasteiger partial charge in [0, 0.05) is 11.5 Å². The molecule has 0 saturated heterocycles. The predicted octanol–water partition coefficient (Wildman–Crippen LogP) is 2.35. The lowest BCUT2D eigenvalue weighted by Crippen LogP contribution is -2.06. The molecule has 1 aromatic rings. The van der Waals surface area contributed by atoms with Gasteiger partial charge < -0.3 is 5.73 Å². The quantitative estimate of drug-likeness (QED) is 0.695. The highest BCUT2D eigenvalue weighted by molar-refractivity contribution is 5.42. The van der Waals surface area contributed by atoms with Crippen LogP contribution in [-0.2, 0) is 0 Å². The molecule has 0 radical (unpaired) electrons. The Morgan fingerprint density at radius 1 is 1.31 bits per heavy atom. The van der Waals surface area contributed by atoms with Crippen LogP contribution in [0.5, 0.6) is 0 Å². The minimum atomic E-state index is 0.655. The molecule has 1 aromatic heterocycles. The van der Waals surface area contributed by atoms with E-state index in [0.717, 1.165) is 11.4 Å². The fraction of sp³-hybridized carbons (Fsp3) is 0.700. The molecule has 0 atom stereocenters. The standard InChI is InChI=1S/C10H17N3/c1-7-9(12-13-10(7)11)8-5-3-2-4-6-8/h8H,2-6H2,1H3,(H3,11,12,13). The summed E-state index contributed by atoms with van der Waals surface area (Å²) in [5.74, 6) is 1.39. The fourth-order valence-corrected chi connectivity index (χ4v) is 2.20. The third-order valence-corrected chi connectivity index (χ3v) is 3.08. The zero-order chi connectivity index (χ0) is 9.26. The van der Waals surface area contributed by atoms with E-state index >= 15 is 0 Å². The SMILES string of the molecule is Cc1c(C2CCCCC2)n[nH]c1N. The van der Waals surface area contributed by atoms with Gasteiger partial charge in [0.25, 0.3) is 0 Å². The van der Waals surface area contributed by atoms with Gasteiger partial charge in [-0.05, 0) is 19.8 Å². The van der Waals surface area contributed by atoms with Crippen LogP contribution in [0.1, 0.15) is 49.3 Å². The van der Waals surface area contributed by atoms with E-state index in [1.165, 1.54) is 37.8 Å². The van der Waals surface area contributed by atoms with E-state index in [0.29, 0.717) is 5.92 Å². The van der Waals surface area contributed by atoms with Gasteiger partial charge in [-0.2, -0.15) is 5.10 Å². The van der Waals surface area contributed by atoms with Crippen LogP contribution in [0.4, 0.5) is 5.82 Å². The van der Waals surface area contributed by atoms with Crippen LogP contribution in [0.2, 0.25) is 0 Å². The molecule has 13 heavy (non-hydrogen) atoms. The molecule has 0 unspecified atom stereocenters. The fourth-order valence-electron chi connectivity index (χ4n) is 2.20. The Labute approximate surface area is 78.7 Å². The summed E-state index contributed by atoms with van der Waals surface area (Å²) in [6.07, 6.45) is 6.64. The number of hydrogen-bond donors (Lipinski definition) is 2. The molecule has 2 rings (SSSR count). The van der Waals surface area contributed by atoms with E-state index < -0.39 is 0 Å². The molecular formula is C10H17N3. The van der Waals surface area contributed by atoms with Crippen molar-refractivity contribution in [3.8, 4) is 0 Å². The maximum atomic E-state index is 5.73. The predicted molar refractivity (Wildman–Crippen MR) is 53.6 cm³/mol. The van der Waals surface area contributed by atoms with Crippen LogP contribution in [-0.4, -0.2) is 10.2 Å². The molecule has 0 aromatic carbocycles. The Hall–Kier alpha value is -0.990. The lowest BCUT2D eigenvalue weighted by Gasteiger charge is -2.20. The first kappa shape index (κ1) is 8.60. The first-order valence-electron chi connectivity index (χ1n) is 5.09. The summed E-state index contributed by atoms with van der Waals surface area (Å²) in [5.41, 5.74) is 8.09. The molecule has 3 heteroatoms. The zero-order valence-electron chi connectivity index (χ0n) is 8.14. The highest BCUT2D eigenvalue weighted by Gasteiger charge is 2.20. The molecule has 0 bridgehead atoms. The van der Waals surface area contributed by atoms with E-state index in [1.807, 2.05) is 0 Å². The number of nitrogens with zero attached hydrogens (tertiary/aromatic N) is 1. The van der Waals surface area contributed by atoms with Gasteiger partial charge in [0.15, 0.2) is 0 Å². The molecule has 0 spiro atoms. The molecule has 1 heterocycles. The van der Waals surface area contributed by atoms with Crippen molar-refractivity contribution in [1.29, 1.82) is 0 Å². The average molecular weight is 179 g/mol. The number of hydrogen-bond acceptors (Lipinski definition) is 2. The summed E-state index contributed by atoms with van der Waals surface area (Å²) in [6, 6.07) is 0. The number of H-pyrrole nitrogens is 1. The van der Waals surface area contributed by atoms with Crippen LogP contribution < -0.4 is 5.73 Å². The van der Waals surface area contributed by atoms with E-state index in [-0.39, 0.29) is 0 Å². The van der Waals surface area contributed by atoms with Crippen molar-refractivity contribution in [2.24, 2.45) is 0 Å². The molecule has 1 saturated carbocycles. The Bertz CT molecular complexity index is 284. The molecule has 0 aliphatic heterocycles. The summed E-state index contributed by atoms with van der Waals surface area (Å²) < 4.78 is 0. The van der Waals surface area contributed by atoms with E-state index in [1.54, 1.807) is 0 Å². The number of anilines is 1. The smallest absolute Gasteiger partial charge is 0.122 e. The summed E-state index contributed by atoms with van der Waals surface area (Å²) in [7, 11) is 0. The maximum absolute atomic E-state index is 5.73. The molecule has 72 valence electrons. The van der Waals surface area contributed by atoms with E-state index in [9.17, 15) is 0 Å². The zero-order valence-corrected chi connectivity index (χ0v) is 8.14. The van der Waals surface area contributed by atoms with Gasteiger partial charge in [-0.15, -0.1) is 0 Å². The monoisotopic (exact) mass is 179 g/mol. The van der Waals surface area contributed by atoms with Gasteiger partial charge in [-0.1, -0.05) is 19.3 Å². The molecule has 3 nitrogen and oxygen atoms in total. The highest BCUT2D eigenvalue weighted by Crippen LogP contribution is 2.34. The van der Waals surface area contributed by atoms with E-state index in [2.05, 4.69) is 17.1 Å². The van der Waals surface area contributed by atoms with Crippen molar-refractivity contribution in [1.82, 2.24) is 10.2 Å². The van der Waals surface area contributed by atoms with Crippen molar-refractivity contribution in [3.63, 3.8) is 0 Å². The Morgan fingerprint density at radius 3 is 2.54 bits per heavy atom. The molecule has 3 N–H and O–H groups in total. The van der Waals surface area contributed by atoms with Crippen molar-refractivity contribution >= 4 is 5.82 Å². The van der Waals surface area contributed by atoms with Gasteiger partial charge >= 0.3 is 0 Å². The third kappa shape index (κ3) is 1.55.